The monoisotopic (exact) mass is 284 g/mol. The molecular formula is C12H28O4Ti. The molecule has 0 bridgehead atoms. The number of unbranched alkanes of at least 4 members (excludes halogenated alkanes) is 6. The Morgan fingerprint density at radius 2 is 0.529 bits per heavy atom. The molecule has 0 heterocycles. The van der Waals surface area contributed by atoms with Crippen LogP contribution in [0.5, 0.6) is 0 Å². The van der Waals surface area contributed by atoms with Crippen molar-refractivity contribution < 1.29 is 42.1 Å². The largest absolute Gasteiger partial charge is 0.396 e. The van der Waals surface area contributed by atoms with Crippen LogP contribution in [0, 0.1) is 0 Å². The molecule has 0 saturated heterocycles. The number of rotatable bonds is 10. The molecule has 0 rings (SSSR count). The van der Waals surface area contributed by atoms with Gasteiger partial charge in [0.05, 0.1) is 0 Å². The Morgan fingerprint density at radius 3 is 0.647 bits per heavy atom. The van der Waals surface area contributed by atoms with E-state index in [1.165, 1.54) is 0 Å². The molecule has 104 valence electrons. The van der Waals surface area contributed by atoms with Gasteiger partial charge in [-0.05, 0) is 25.7 Å². The SMILES string of the molecule is OCCCCCCO.OCCCCCCO.[Ti]. The van der Waals surface area contributed by atoms with Crippen molar-refractivity contribution in [3.8, 4) is 0 Å². The fraction of sp³-hybridized carbons (Fsp3) is 1.00. The summed E-state index contributed by atoms with van der Waals surface area (Å²) in [4.78, 5) is 0. The molecule has 5 heteroatoms. The molecule has 0 aromatic rings. The zero-order valence-corrected chi connectivity index (χ0v) is 12.3. The number of hydrogen-bond acceptors (Lipinski definition) is 4. The van der Waals surface area contributed by atoms with Gasteiger partial charge in [-0.1, -0.05) is 25.7 Å². The first-order chi connectivity index (χ1) is 7.83. The number of hydrogen-bond donors (Lipinski definition) is 4. The van der Waals surface area contributed by atoms with Crippen molar-refractivity contribution in [1.29, 1.82) is 0 Å². The van der Waals surface area contributed by atoms with Crippen molar-refractivity contribution >= 4 is 0 Å². The Labute approximate surface area is 120 Å². The topological polar surface area (TPSA) is 80.9 Å². The molecule has 0 aliphatic rings. The van der Waals surface area contributed by atoms with Gasteiger partial charge in [-0.2, -0.15) is 0 Å². The van der Waals surface area contributed by atoms with Crippen LogP contribution in [0.4, 0.5) is 0 Å². The van der Waals surface area contributed by atoms with Gasteiger partial charge in [-0.3, -0.25) is 0 Å². The zero-order chi connectivity index (χ0) is 12.5. The average molecular weight is 284 g/mol. The second-order valence-corrected chi connectivity index (χ2v) is 3.72. The fourth-order valence-electron chi connectivity index (χ4n) is 1.15. The van der Waals surface area contributed by atoms with Crippen LogP contribution in [0.15, 0.2) is 0 Å². The van der Waals surface area contributed by atoms with Gasteiger partial charge in [-0.25, -0.2) is 0 Å². The van der Waals surface area contributed by atoms with E-state index in [2.05, 4.69) is 0 Å². The minimum atomic E-state index is 0. The fourth-order valence-corrected chi connectivity index (χ4v) is 1.15. The molecule has 0 aromatic heterocycles. The van der Waals surface area contributed by atoms with E-state index < -0.39 is 0 Å². The molecule has 0 aromatic carbocycles. The quantitative estimate of drug-likeness (QED) is 0.357. The van der Waals surface area contributed by atoms with Gasteiger partial charge in [0.25, 0.3) is 0 Å². The Morgan fingerprint density at radius 1 is 0.353 bits per heavy atom. The molecule has 0 saturated carbocycles. The minimum Gasteiger partial charge on any atom is -0.396 e. The van der Waals surface area contributed by atoms with Gasteiger partial charge in [0.2, 0.25) is 0 Å². The van der Waals surface area contributed by atoms with Gasteiger partial charge in [0.15, 0.2) is 0 Å². The van der Waals surface area contributed by atoms with E-state index in [1.54, 1.807) is 0 Å². The second kappa shape index (κ2) is 25.4. The van der Waals surface area contributed by atoms with Gasteiger partial charge in [-0.15, -0.1) is 0 Å². The summed E-state index contributed by atoms with van der Waals surface area (Å²) in [5.41, 5.74) is 0. The third-order valence-electron chi connectivity index (χ3n) is 2.13. The Kier molecular flexibility index (Phi) is 33.9. The normalized spacial score (nSPS) is 9.18. The summed E-state index contributed by atoms with van der Waals surface area (Å²) in [7, 11) is 0. The summed E-state index contributed by atoms with van der Waals surface area (Å²) in [5, 5.41) is 33.2. The predicted molar refractivity (Wildman–Crippen MR) is 65.3 cm³/mol. The molecule has 0 radical (unpaired) electrons. The van der Waals surface area contributed by atoms with Gasteiger partial charge >= 0.3 is 0 Å². The van der Waals surface area contributed by atoms with E-state index in [0.717, 1.165) is 51.4 Å². The van der Waals surface area contributed by atoms with Gasteiger partial charge in [0.1, 0.15) is 0 Å². The number of aliphatic hydroxyl groups excluding tert-OH is 4. The summed E-state index contributed by atoms with van der Waals surface area (Å²) in [6.45, 7) is 1.13. The number of aliphatic hydroxyl groups is 4. The average Bonchev–Trinajstić information content (AvgIpc) is 2.31. The maximum Gasteiger partial charge on any atom is 0.0431 e. The van der Waals surface area contributed by atoms with Crippen LogP contribution in [0.1, 0.15) is 51.4 Å². The van der Waals surface area contributed by atoms with Crippen molar-refractivity contribution in [2.75, 3.05) is 26.4 Å². The van der Waals surface area contributed by atoms with Gasteiger partial charge in [0, 0.05) is 48.1 Å². The van der Waals surface area contributed by atoms with Crippen LogP contribution in [0.3, 0.4) is 0 Å². The molecule has 0 spiro atoms. The van der Waals surface area contributed by atoms with Crippen molar-refractivity contribution in [3.05, 3.63) is 0 Å². The maximum absolute atomic E-state index is 8.30. The molecule has 0 atom stereocenters. The molecule has 0 unspecified atom stereocenters. The van der Waals surface area contributed by atoms with Crippen LogP contribution in [0.25, 0.3) is 0 Å². The maximum atomic E-state index is 8.30. The van der Waals surface area contributed by atoms with Crippen LogP contribution in [-0.2, 0) is 21.7 Å². The molecule has 4 nitrogen and oxygen atoms in total. The van der Waals surface area contributed by atoms with Crippen LogP contribution in [-0.4, -0.2) is 46.9 Å². The Hall–Kier alpha value is 0.554. The van der Waals surface area contributed by atoms with Crippen molar-refractivity contribution in [3.63, 3.8) is 0 Å². The van der Waals surface area contributed by atoms with E-state index in [4.69, 9.17) is 20.4 Å². The van der Waals surface area contributed by atoms with E-state index in [-0.39, 0.29) is 48.1 Å². The van der Waals surface area contributed by atoms with Crippen molar-refractivity contribution in [2.24, 2.45) is 0 Å². The standard InChI is InChI=1S/2C6H14O2.Ti/c2*7-5-3-1-2-4-6-8;/h2*7-8H,1-6H2;. The van der Waals surface area contributed by atoms with Gasteiger partial charge < -0.3 is 20.4 Å². The summed E-state index contributed by atoms with van der Waals surface area (Å²) in [5.74, 6) is 0. The zero-order valence-electron chi connectivity index (χ0n) is 10.8. The van der Waals surface area contributed by atoms with E-state index >= 15 is 0 Å². The first kappa shape index (κ1) is 22.7. The van der Waals surface area contributed by atoms with Crippen LogP contribution in [0.2, 0.25) is 0 Å². The Balaban J connectivity index is -0.000000218. The predicted octanol–water partition coefficient (Wildman–Crippen LogP) is 1.06. The van der Waals surface area contributed by atoms with Crippen molar-refractivity contribution in [2.45, 2.75) is 51.4 Å². The smallest absolute Gasteiger partial charge is 0.0431 e. The minimum absolute atomic E-state index is 0. The summed E-state index contributed by atoms with van der Waals surface area (Å²) in [6.07, 6.45) is 7.66. The molecule has 17 heavy (non-hydrogen) atoms. The van der Waals surface area contributed by atoms with Crippen LogP contribution < -0.4 is 0 Å². The molecular weight excluding hydrogens is 256 g/mol. The van der Waals surface area contributed by atoms with Crippen molar-refractivity contribution in [1.82, 2.24) is 0 Å². The summed E-state index contributed by atoms with van der Waals surface area (Å²) in [6, 6.07) is 0. The first-order valence-electron chi connectivity index (χ1n) is 6.26. The molecule has 4 N–H and O–H groups in total. The second-order valence-electron chi connectivity index (χ2n) is 3.72. The van der Waals surface area contributed by atoms with E-state index in [9.17, 15) is 0 Å². The van der Waals surface area contributed by atoms with E-state index in [1.807, 2.05) is 0 Å². The molecule has 0 aliphatic carbocycles. The van der Waals surface area contributed by atoms with Crippen LogP contribution >= 0.6 is 0 Å². The molecule has 0 amide bonds. The van der Waals surface area contributed by atoms with E-state index in [0.29, 0.717) is 0 Å². The third kappa shape index (κ3) is 31.5. The summed E-state index contributed by atoms with van der Waals surface area (Å²) < 4.78 is 0. The first-order valence-corrected chi connectivity index (χ1v) is 6.26. The Bertz CT molecular complexity index is 80.5. The third-order valence-corrected chi connectivity index (χ3v) is 2.13. The molecule has 0 fully saturated rings. The summed E-state index contributed by atoms with van der Waals surface area (Å²) >= 11 is 0. The molecule has 0 aliphatic heterocycles.